The second-order valence-corrected chi connectivity index (χ2v) is 5.90. The first-order chi connectivity index (χ1) is 8.43. The summed E-state index contributed by atoms with van der Waals surface area (Å²) in [6.45, 7) is -0.240. The van der Waals surface area contributed by atoms with Crippen LogP contribution in [0.2, 0.25) is 10.0 Å². The Bertz CT molecular complexity index is 480. The smallest absolute Gasteiger partial charge is 0.343 e. The van der Waals surface area contributed by atoms with E-state index in [0.29, 0.717) is 28.7 Å². The fourth-order valence-electron chi connectivity index (χ4n) is 1.09. The van der Waals surface area contributed by atoms with E-state index < -0.39 is 5.97 Å². The van der Waals surface area contributed by atoms with Gasteiger partial charge in [0.25, 0.3) is 0 Å². The standard InChI is InChI=1S/C10H8Cl2I2O4/c1-16-4(15)3-18-10-8(14)5(11)7(13)6(12)9(10)17-2/h3H2,1-2H3. The molecule has 18 heavy (non-hydrogen) atoms. The Labute approximate surface area is 142 Å². The summed E-state index contributed by atoms with van der Waals surface area (Å²) >= 11 is 16.2. The molecule has 0 radical (unpaired) electrons. The second kappa shape index (κ2) is 7.20. The molecule has 0 saturated heterocycles. The molecule has 8 heteroatoms. The van der Waals surface area contributed by atoms with Crippen molar-refractivity contribution in [2.45, 2.75) is 0 Å². The maximum atomic E-state index is 11.1. The summed E-state index contributed by atoms with van der Waals surface area (Å²) in [6, 6.07) is 0. The van der Waals surface area contributed by atoms with Gasteiger partial charge in [-0.25, -0.2) is 4.79 Å². The van der Waals surface area contributed by atoms with Crippen LogP contribution in [-0.2, 0) is 9.53 Å². The van der Waals surface area contributed by atoms with Crippen LogP contribution in [0.5, 0.6) is 11.5 Å². The summed E-state index contributed by atoms with van der Waals surface area (Å²) in [5, 5.41) is 0.810. The second-order valence-electron chi connectivity index (χ2n) is 2.98. The lowest BCUT2D eigenvalue weighted by molar-refractivity contribution is -0.142. The minimum absolute atomic E-state index is 0.240. The quantitative estimate of drug-likeness (QED) is 0.265. The zero-order valence-electron chi connectivity index (χ0n) is 9.35. The van der Waals surface area contributed by atoms with Gasteiger partial charge in [-0.1, -0.05) is 23.2 Å². The topological polar surface area (TPSA) is 44.8 Å². The predicted octanol–water partition coefficient (Wildman–Crippen LogP) is 3.76. The molecule has 0 aliphatic rings. The zero-order chi connectivity index (χ0) is 13.9. The Kier molecular flexibility index (Phi) is 6.56. The van der Waals surface area contributed by atoms with Crippen LogP contribution in [0.1, 0.15) is 0 Å². The third-order valence-corrected chi connectivity index (χ3v) is 5.75. The number of benzene rings is 1. The van der Waals surface area contributed by atoms with Crippen LogP contribution in [0.15, 0.2) is 0 Å². The van der Waals surface area contributed by atoms with E-state index in [1.807, 2.05) is 45.2 Å². The molecule has 0 atom stereocenters. The molecular formula is C10H8Cl2I2O4. The lowest BCUT2D eigenvalue weighted by Crippen LogP contribution is -2.14. The van der Waals surface area contributed by atoms with Gasteiger partial charge in [0.2, 0.25) is 0 Å². The molecule has 1 rings (SSSR count). The zero-order valence-corrected chi connectivity index (χ0v) is 15.2. The number of rotatable bonds is 4. The van der Waals surface area contributed by atoms with E-state index in [4.69, 9.17) is 32.7 Å². The highest BCUT2D eigenvalue weighted by Gasteiger charge is 2.22. The minimum Gasteiger partial charge on any atom is -0.491 e. The number of hydrogen-bond donors (Lipinski definition) is 0. The van der Waals surface area contributed by atoms with Crippen molar-refractivity contribution in [1.82, 2.24) is 0 Å². The van der Waals surface area contributed by atoms with Crippen molar-refractivity contribution in [3.8, 4) is 11.5 Å². The third kappa shape index (κ3) is 3.45. The maximum absolute atomic E-state index is 11.1. The van der Waals surface area contributed by atoms with E-state index in [0.717, 1.165) is 0 Å². The Balaban J connectivity index is 3.20. The molecule has 0 unspecified atom stereocenters. The van der Waals surface area contributed by atoms with Gasteiger partial charge in [0.05, 0.1) is 26.4 Å². The number of carbonyl (C=O) groups excluding carboxylic acids is 1. The number of ether oxygens (including phenoxy) is 3. The molecule has 0 aliphatic carbocycles. The first-order valence-electron chi connectivity index (χ1n) is 4.53. The molecule has 100 valence electrons. The lowest BCUT2D eigenvalue weighted by Gasteiger charge is -2.15. The van der Waals surface area contributed by atoms with E-state index in [-0.39, 0.29) is 6.61 Å². The van der Waals surface area contributed by atoms with Gasteiger partial charge in [-0.2, -0.15) is 0 Å². The van der Waals surface area contributed by atoms with E-state index in [9.17, 15) is 4.79 Å². The maximum Gasteiger partial charge on any atom is 0.343 e. The Hall–Kier alpha value is 0.330. The van der Waals surface area contributed by atoms with Crippen molar-refractivity contribution >= 4 is 74.4 Å². The van der Waals surface area contributed by atoms with Crippen LogP contribution in [0.25, 0.3) is 0 Å². The summed E-state index contributed by atoms with van der Waals surface area (Å²) < 4.78 is 16.3. The van der Waals surface area contributed by atoms with Gasteiger partial charge in [0.1, 0.15) is 5.02 Å². The minimum atomic E-state index is -0.501. The monoisotopic (exact) mass is 516 g/mol. The van der Waals surface area contributed by atoms with Crippen LogP contribution in [0.3, 0.4) is 0 Å². The summed E-state index contributed by atoms with van der Waals surface area (Å²) in [6.07, 6.45) is 0. The van der Waals surface area contributed by atoms with Gasteiger partial charge in [0, 0.05) is 0 Å². The molecule has 0 aliphatic heterocycles. The molecule has 0 amide bonds. The largest absolute Gasteiger partial charge is 0.491 e. The molecule has 4 nitrogen and oxygen atoms in total. The fraction of sp³-hybridized carbons (Fsp3) is 0.300. The summed E-state index contributed by atoms with van der Waals surface area (Å²) in [4.78, 5) is 11.1. The van der Waals surface area contributed by atoms with Gasteiger partial charge < -0.3 is 14.2 Å². The molecule has 0 aromatic heterocycles. The SMILES string of the molecule is COC(=O)COc1c(I)c(Cl)c(I)c(Cl)c1OC. The molecule has 1 aromatic rings. The lowest BCUT2D eigenvalue weighted by atomic mass is 10.3. The van der Waals surface area contributed by atoms with Gasteiger partial charge >= 0.3 is 5.97 Å². The average Bonchev–Trinajstić information content (AvgIpc) is 2.38. The van der Waals surface area contributed by atoms with E-state index in [1.165, 1.54) is 14.2 Å². The molecular weight excluding hydrogens is 509 g/mol. The van der Waals surface area contributed by atoms with Crippen molar-refractivity contribution in [2.24, 2.45) is 0 Å². The number of esters is 1. The first kappa shape index (κ1) is 16.4. The number of methoxy groups -OCH3 is 2. The molecule has 0 N–H and O–H groups in total. The first-order valence-corrected chi connectivity index (χ1v) is 7.44. The van der Waals surface area contributed by atoms with E-state index in [1.54, 1.807) is 0 Å². The Morgan fingerprint density at radius 2 is 1.72 bits per heavy atom. The highest BCUT2D eigenvalue weighted by molar-refractivity contribution is 14.1. The van der Waals surface area contributed by atoms with Crippen molar-refractivity contribution in [2.75, 3.05) is 20.8 Å². The molecule has 0 fully saturated rings. The highest BCUT2D eigenvalue weighted by atomic mass is 127. The van der Waals surface area contributed by atoms with Gasteiger partial charge in [-0.3, -0.25) is 0 Å². The fourth-order valence-corrected chi connectivity index (χ4v) is 3.28. The molecule has 0 heterocycles. The molecule has 1 aromatic carbocycles. The predicted molar refractivity (Wildman–Crippen MR) is 86.0 cm³/mol. The average molecular weight is 517 g/mol. The third-order valence-electron chi connectivity index (χ3n) is 1.95. The van der Waals surface area contributed by atoms with Crippen LogP contribution in [0.4, 0.5) is 0 Å². The van der Waals surface area contributed by atoms with Gasteiger partial charge in [-0.05, 0) is 45.2 Å². The van der Waals surface area contributed by atoms with Gasteiger partial charge in [0.15, 0.2) is 18.1 Å². The molecule has 0 saturated carbocycles. The van der Waals surface area contributed by atoms with Crippen molar-refractivity contribution in [3.05, 3.63) is 17.2 Å². The highest BCUT2D eigenvalue weighted by Crippen LogP contribution is 2.46. The summed E-state index contributed by atoms with van der Waals surface area (Å²) in [7, 11) is 2.74. The number of carbonyl (C=O) groups is 1. The Morgan fingerprint density at radius 3 is 2.22 bits per heavy atom. The van der Waals surface area contributed by atoms with Crippen LogP contribution < -0.4 is 9.47 Å². The van der Waals surface area contributed by atoms with Crippen molar-refractivity contribution < 1.29 is 19.0 Å². The molecule has 0 spiro atoms. The Morgan fingerprint density at radius 1 is 1.11 bits per heavy atom. The normalized spacial score (nSPS) is 10.1. The molecule has 0 bridgehead atoms. The van der Waals surface area contributed by atoms with Crippen LogP contribution >= 0.6 is 68.4 Å². The van der Waals surface area contributed by atoms with Crippen LogP contribution in [-0.4, -0.2) is 26.8 Å². The van der Waals surface area contributed by atoms with Gasteiger partial charge in [-0.15, -0.1) is 0 Å². The van der Waals surface area contributed by atoms with Crippen LogP contribution in [0, 0.1) is 7.14 Å². The van der Waals surface area contributed by atoms with E-state index in [2.05, 4.69) is 4.74 Å². The summed E-state index contributed by atoms with van der Waals surface area (Å²) in [5.41, 5.74) is 0. The number of hydrogen-bond acceptors (Lipinski definition) is 4. The van der Waals surface area contributed by atoms with Crippen molar-refractivity contribution in [1.29, 1.82) is 0 Å². The van der Waals surface area contributed by atoms with E-state index >= 15 is 0 Å². The van der Waals surface area contributed by atoms with Crippen molar-refractivity contribution in [3.63, 3.8) is 0 Å². The summed E-state index contributed by atoms with van der Waals surface area (Å²) in [5.74, 6) is 0.177. The number of halogens is 4.